The summed E-state index contributed by atoms with van der Waals surface area (Å²) >= 11 is 2.02. The molecule has 0 amide bonds. The van der Waals surface area contributed by atoms with Gasteiger partial charge in [0.25, 0.3) is 0 Å². The van der Waals surface area contributed by atoms with E-state index in [1.807, 2.05) is 11.8 Å². The molecule has 64 valence electrons. The zero-order valence-corrected chi connectivity index (χ0v) is 8.23. The number of hydrogen-bond donors (Lipinski definition) is 0. The zero-order chi connectivity index (χ0) is 8.39. The normalized spacial score (nSPS) is 22.9. The molecule has 1 atom stereocenters. The molecule has 0 saturated heterocycles. The Hall–Kier alpha value is -0.430. The van der Waals surface area contributed by atoms with Gasteiger partial charge in [0.1, 0.15) is 0 Å². The van der Waals surface area contributed by atoms with Gasteiger partial charge < -0.3 is 0 Å². The predicted molar refractivity (Wildman–Crippen MR) is 54.7 cm³/mol. The van der Waals surface area contributed by atoms with Gasteiger partial charge in [0.05, 0.1) is 0 Å². The van der Waals surface area contributed by atoms with Crippen LogP contribution >= 0.6 is 11.8 Å². The van der Waals surface area contributed by atoms with Crippen LogP contribution in [0.25, 0.3) is 0 Å². The summed E-state index contributed by atoms with van der Waals surface area (Å²) in [6.07, 6.45) is 2.62. The van der Waals surface area contributed by atoms with E-state index in [0.717, 1.165) is 5.92 Å². The maximum atomic E-state index is 2.35. The molecule has 1 heterocycles. The maximum absolute atomic E-state index is 2.35. The van der Waals surface area contributed by atoms with Gasteiger partial charge in [0.2, 0.25) is 0 Å². The average Bonchev–Trinajstić information content (AvgIpc) is 2.29. The van der Waals surface area contributed by atoms with Crippen molar-refractivity contribution in [1.82, 2.24) is 0 Å². The van der Waals surface area contributed by atoms with Crippen LogP contribution in [-0.4, -0.2) is 5.75 Å². The SMILES string of the molecule is CC1CCc2ccccc2SC1. The van der Waals surface area contributed by atoms with Crippen LogP contribution in [0.2, 0.25) is 0 Å². The summed E-state index contributed by atoms with van der Waals surface area (Å²) in [5.74, 6) is 2.17. The molecule has 0 fully saturated rings. The van der Waals surface area contributed by atoms with Crippen molar-refractivity contribution in [2.45, 2.75) is 24.7 Å². The van der Waals surface area contributed by atoms with Gasteiger partial charge in [-0.1, -0.05) is 25.1 Å². The third kappa shape index (κ3) is 1.66. The molecule has 0 saturated carbocycles. The van der Waals surface area contributed by atoms with Crippen LogP contribution in [0.4, 0.5) is 0 Å². The van der Waals surface area contributed by atoms with Crippen molar-refractivity contribution in [3.63, 3.8) is 0 Å². The molecule has 1 unspecified atom stereocenters. The molecule has 0 N–H and O–H groups in total. The molecule has 1 heteroatoms. The summed E-state index contributed by atoms with van der Waals surface area (Å²) in [5, 5.41) is 0. The molecule has 0 aliphatic carbocycles. The number of hydrogen-bond acceptors (Lipinski definition) is 1. The number of aryl methyl sites for hydroxylation is 1. The van der Waals surface area contributed by atoms with E-state index in [-0.39, 0.29) is 0 Å². The minimum absolute atomic E-state index is 0.877. The largest absolute Gasteiger partial charge is 0.126 e. The van der Waals surface area contributed by atoms with Gasteiger partial charge >= 0.3 is 0 Å². The Morgan fingerprint density at radius 2 is 2.17 bits per heavy atom. The maximum Gasteiger partial charge on any atom is 0.0104 e. The highest BCUT2D eigenvalue weighted by Gasteiger charge is 2.11. The van der Waals surface area contributed by atoms with Crippen molar-refractivity contribution in [1.29, 1.82) is 0 Å². The Morgan fingerprint density at radius 1 is 1.33 bits per heavy atom. The minimum atomic E-state index is 0.877. The highest BCUT2D eigenvalue weighted by atomic mass is 32.2. The quantitative estimate of drug-likeness (QED) is 0.587. The third-order valence-corrected chi connectivity index (χ3v) is 3.85. The van der Waals surface area contributed by atoms with E-state index in [4.69, 9.17) is 0 Å². The summed E-state index contributed by atoms with van der Waals surface area (Å²) < 4.78 is 0. The van der Waals surface area contributed by atoms with Crippen LogP contribution in [0, 0.1) is 5.92 Å². The molecule has 1 aromatic rings. The Labute approximate surface area is 78.4 Å². The molecule has 0 bridgehead atoms. The average molecular weight is 178 g/mol. The predicted octanol–water partition coefficient (Wildman–Crippen LogP) is 3.36. The van der Waals surface area contributed by atoms with E-state index >= 15 is 0 Å². The molecule has 1 aliphatic rings. The van der Waals surface area contributed by atoms with Crippen LogP contribution < -0.4 is 0 Å². The highest BCUT2D eigenvalue weighted by Crippen LogP contribution is 2.30. The lowest BCUT2D eigenvalue weighted by Crippen LogP contribution is -1.95. The van der Waals surface area contributed by atoms with Gasteiger partial charge in [-0.3, -0.25) is 0 Å². The molecule has 2 rings (SSSR count). The fraction of sp³-hybridized carbons (Fsp3) is 0.455. The van der Waals surface area contributed by atoms with Gasteiger partial charge in [-0.2, -0.15) is 0 Å². The first-order valence-electron chi connectivity index (χ1n) is 4.57. The van der Waals surface area contributed by atoms with Crippen LogP contribution in [-0.2, 0) is 6.42 Å². The second-order valence-electron chi connectivity index (χ2n) is 3.56. The van der Waals surface area contributed by atoms with E-state index in [2.05, 4.69) is 31.2 Å². The van der Waals surface area contributed by atoms with Crippen LogP contribution in [0.1, 0.15) is 18.9 Å². The van der Waals surface area contributed by atoms with Crippen molar-refractivity contribution in [3.05, 3.63) is 29.8 Å². The molecule has 12 heavy (non-hydrogen) atoms. The molecule has 0 spiro atoms. The molecule has 1 aliphatic heterocycles. The van der Waals surface area contributed by atoms with Crippen molar-refractivity contribution in [2.24, 2.45) is 5.92 Å². The lowest BCUT2D eigenvalue weighted by atomic mass is 10.0. The summed E-state index contributed by atoms with van der Waals surface area (Å²) in [7, 11) is 0. The van der Waals surface area contributed by atoms with Gasteiger partial charge in [-0.15, -0.1) is 11.8 Å². The Kier molecular flexibility index (Phi) is 2.40. The lowest BCUT2D eigenvalue weighted by Gasteiger charge is -2.02. The van der Waals surface area contributed by atoms with Crippen molar-refractivity contribution in [2.75, 3.05) is 5.75 Å². The third-order valence-electron chi connectivity index (χ3n) is 2.40. The lowest BCUT2D eigenvalue weighted by molar-refractivity contribution is 0.600. The fourth-order valence-electron chi connectivity index (χ4n) is 1.57. The first kappa shape index (κ1) is 8.18. The zero-order valence-electron chi connectivity index (χ0n) is 7.42. The number of thioether (sulfide) groups is 1. The first-order chi connectivity index (χ1) is 5.86. The van der Waals surface area contributed by atoms with Crippen LogP contribution in [0.3, 0.4) is 0 Å². The monoisotopic (exact) mass is 178 g/mol. The Morgan fingerprint density at radius 3 is 3.08 bits per heavy atom. The van der Waals surface area contributed by atoms with Gasteiger partial charge in [0.15, 0.2) is 0 Å². The fourth-order valence-corrected chi connectivity index (χ4v) is 2.73. The van der Waals surface area contributed by atoms with Gasteiger partial charge in [-0.25, -0.2) is 0 Å². The highest BCUT2D eigenvalue weighted by molar-refractivity contribution is 7.99. The minimum Gasteiger partial charge on any atom is -0.126 e. The molecular formula is C11H14S. The summed E-state index contributed by atoms with van der Waals surface area (Å²) in [5.41, 5.74) is 1.55. The van der Waals surface area contributed by atoms with E-state index < -0.39 is 0 Å². The second-order valence-corrected chi connectivity index (χ2v) is 4.62. The van der Waals surface area contributed by atoms with E-state index in [9.17, 15) is 0 Å². The van der Waals surface area contributed by atoms with Crippen molar-refractivity contribution in [3.8, 4) is 0 Å². The Bertz CT molecular complexity index is 240. The summed E-state index contributed by atoms with van der Waals surface area (Å²) in [4.78, 5) is 1.50. The number of fused-ring (bicyclic) bond motifs is 1. The summed E-state index contributed by atoms with van der Waals surface area (Å²) in [6.45, 7) is 2.35. The van der Waals surface area contributed by atoms with Gasteiger partial charge in [-0.05, 0) is 30.4 Å². The first-order valence-corrected chi connectivity index (χ1v) is 5.55. The van der Waals surface area contributed by atoms with Crippen LogP contribution in [0.5, 0.6) is 0 Å². The molecular weight excluding hydrogens is 164 g/mol. The van der Waals surface area contributed by atoms with E-state index in [1.165, 1.54) is 23.5 Å². The molecule has 1 aromatic carbocycles. The smallest absolute Gasteiger partial charge is 0.0104 e. The van der Waals surface area contributed by atoms with Gasteiger partial charge in [0, 0.05) is 10.6 Å². The topological polar surface area (TPSA) is 0 Å². The van der Waals surface area contributed by atoms with Crippen LogP contribution in [0.15, 0.2) is 29.2 Å². The molecule has 0 radical (unpaired) electrons. The molecule has 0 nitrogen and oxygen atoms in total. The number of benzene rings is 1. The van der Waals surface area contributed by atoms with E-state index in [0.29, 0.717) is 0 Å². The Balaban J connectivity index is 2.26. The molecule has 0 aromatic heterocycles. The second kappa shape index (κ2) is 3.53. The van der Waals surface area contributed by atoms with Crippen molar-refractivity contribution >= 4 is 11.8 Å². The van der Waals surface area contributed by atoms with Crippen molar-refractivity contribution < 1.29 is 0 Å². The summed E-state index contributed by atoms with van der Waals surface area (Å²) in [6, 6.07) is 8.80. The van der Waals surface area contributed by atoms with E-state index in [1.54, 1.807) is 5.56 Å². The standard InChI is InChI=1S/C11H14S/c1-9-6-7-10-4-2-3-5-11(10)12-8-9/h2-5,9H,6-8H2,1H3. The number of rotatable bonds is 0.